The molecule has 1 aromatic carbocycles. The first-order valence-electron chi connectivity index (χ1n) is 8.69. The van der Waals surface area contributed by atoms with E-state index in [1.807, 2.05) is 18.2 Å². The Balaban J connectivity index is 1.69. The number of aromatic nitrogens is 3. The van der Waals surface area contributed by atoms with Crippen molar-refractivity contribution in [3.63, 3.8) is 0 Å². The molecule has 0 radical (unpaired) electrons. The quantitative estimate of drug-likeness (QED) is 0.749. The van der Waals surface area contributed by atoms with E-state index in [4.69, 9.17) is 0 Å². The van der Waals surface area contributed by atoms with Gasteiger partial charge in [0.15, 0.2) is 11.5 Å². The molecule has 1 fully saturated rings. The van der Waals surface area contributed by atoms with Gasteiger partial charge < -0.3 is 10.6 Å². The largest absolute Gasteiger partial charge is 0.348 e. The summed E-state index contributed by atoms with van der Waals surface area (Å²) in [6.07, 6.45) is 6.97. The normalized spacial score (nSPS) is 15.8. The summed E-state index contributed by atoms with van der Waals surface area (Å²) >= 11 is 0. The van der Waals surface area contributed by atoms with Crippen molar-refractivity contribution in [2.24, 2.45) is 0 Å². The van der Waals surface area contributed by atoms with Gasteiger partial charge in [0, 0.05) is 11.7 Å². The number of benzene rings is 1. The van der Waals surface area contributed by atoms with E-state index in [0.29, 0.717) is 11.5 Å². The van der Waals surface area contributed by atoms with Crippen molar-refractivity contribution in [2.45, 2.75) is 58.4 Å². The van der Waals surface area contributed by atoms with Gasteiger partial charge in [0.25, 0.3) is 5.91 Å². The van der Waals surface area contributed by atoms with Crippen molar-refractivity contribution >= 4 is 17.4 Å². The lowest BCUT2D eigenvalue weighted by Crippen LogP contribution is -2.35. The molecule has 0 aliphatic heterocycles. The fourth-order valence-electron chi connectivity index (χ4n) is 3.11. The molecule has 6 nitrogen and oxygen atoms in total. The molecule has 2 aromatic rings. The average molecular weight is 327 g/mol. The number of carbonyl (C=O) groups is 1. The number of carbonyl (C=O) groups excluding carboxylic acids is 1. The Morgan fingerprint density at radius 3 is 2.54 bits per heavy atom. The van der Waals surface area contributed by atoms with Crippen LogP contribution < -0.4 is 10.6 Å². The van der Waals surface area contributed by atoms with Gasteiger partial charge in [0.05, 0.1) is 0 Å². The second-order valence-electron chi connectivity index (χ2n) is 6.61. The second-order valence-corrected chi connectivity index (χ2v) is 6.61. The fourth-order valence-corrected chi connectivity index (χ4v) is 3.11. The minimum atomic E-state index is -0.165. The van der Waals surface area contributed by atoms with Gasteiger partial charge in [-0.15, -0.1) is 10.2 Å². The molecule has 128 valence electrons. The van der Waals surface area contributed by atoms with E-state index in [1.54, 1.807) is 0 Å². The molecule has 0 atom stereocenters. The smallest absolute Gasteiger partial charge is 0.275 e. The van der Waals surface area contributed by atoms with E-state index in [2.05, 4.69) is 39.9 Å². The standard InChI is InChI=1S/C18H25N5O/c1-12-9-10-15(11-13(12)2)19-17-16(21-23-22-17)18(24)20-14-7-5-3-4-6-8-14/h9-11,14H,3-8H2,1-2H3,(H,20,24)(H2,19,21,22,23). The molecule has 1 aliphatic carbocycles. The maximum absolute atomic E-state index is 12.5. The molecule has 1 heterocycles. The summed E-state index contributed by atoms with van der Waals surface area (Å²) in [5.74, 6) is 0.298. The van der Waals surface area contributed by atoms with Crippen LogP contribution in [0.2, 0.25) is 0 Å². The number of hydrogen-bond donors (Lipinski definition) is 3. The third-order valence-electron chi connectivity index (χ3n) is 4.72. The molecule has 6 heteroatoms. The minimum absolute atomic E-state index is 0.165. The SMILES string of the molecule is Cc1ccc(Nc2n[nH]nc2C(=O)NC2CCCCCC2)cc1C. The van der Waals surface area contributed by atoms with Crippen molar-refractivity contribution in [3.8, 4) is 0 Å². The maximum Gasteiger partial charge on any atom is 0.275 e. The lowest BCUT2D eigenvalue weighted by Gasteiger charge is -2.15. The van der Waals surface area contributed by atoms with Gasteiger partial charge >= 0.3 is 0 Å². The summed E-state index contributed by atoms with van der Waals surface area (Å²) in [4.78, 5) is 12.5. The number of anilines is 2. The lowest BCUT2D eigenvalue weighted by atomic mass is 10.1. The molecule has 1 aromatic heterocycles. The first-order valence-corrected chi connectivity index (χ1v) is 8.69. The predicted octanol–water partition coefficient (Wildman–Crippen LogP) is 3.62. The lowest BCUT2D eigenvalue weighted by molar-refractivity contribution is 0.0929. The van der Waals surface area contributed by atoms with Crippen LogP contribution in [0.25, 0.3) is 0 Å². The van der Waals surface area contributed by atoms with E-state index in [9.17, 15) is 4.79 Å². The van der Waals surface area contributed by atoms with Crippen LogP contribution in [-0.2, 0) is 0 Å². The van der Waals surface area contributed by atoms with E-state index in [1.165, 1.54) is 36.8 Å². The molecule has 1 amide bonds. The molecule has 1 saturated carbocycles. The molecule has 0 bridgehead atoms. The summed E-state index contributed by atoms with van der Waals surface area (Å²) in [5, 5.41) is 17.0. The zero-order valence-corrected chi connectivity index (χ0v) is 14.4. The average Bonchev–Trinajstić information content (AvgIpc) is 2.87. The molecule has 0 spiro atoms. The van der Waals surface area contributed by atoms with E-state index < -0.39 is 0 Å². The van der Waals surface area contributed by atoms with Gasteiger partial charge in [-0.25, -0.2) is 0 Å². The number of aromatic amines is 1. The predicted molar refractivity (Wildman–Crippen MR) is 94.5 cm³/mol. The van der Waals surface area contributed by atoms with Gasteiger partial charge in [0.1, 0.15) is 0 Å². The van der Waals surface area contributed by atoms with Crippen LogP contribution in [0, 0.1) is 13.8 Å². The summed E-state index contributed by atoms with van der Waals surface area (Å²) in [7, 11) is 0. The monoisotopic (exact) mass is 327 g/mol. The molecule has 3 rings (SSSR count). The Morgan fingerprint density at radius 2 is 1.83 bits per heavy atom. The van der Waals surface area contributed by atoms with Gasteiger partial charge in [-0.05, 0) is 49.9 Å². The zero-order chi connectivity index (χ0) is 16.9. The summed E-state index contributed by atoms with van der Waals surface area (Å²) in [6, 6.07) is 6.30. The van der Waals surface area contributed by atoms with Crippen LogP contribution in [0.1, 0.15) is 60.1 Å². The van der Waals surface area contributed by atoms with Crippen LogP contribution in [0.5, 0.6) is 0 Å². The highest BCUT2D eigenvalue weighted by molar-refractivity contribution is 5.97. The van der Waals surface area contributed by atoms with Crippen LogP contribution in [0.4, 0.5) is 11.5 Å². The number of rotatable bonds is 4. The van der Waals surface area contributed by atoms with Crippen LogP contribution in [0.15, 0.2) is 18.2 Å². The number of hydrogen-bond acceptors (Lipinski definition) is 4. The van der Waals surface area contributed by atoms with E-state index in [-0.39, 0.29) is 11.9 Å². The van der Waals surface area contributed by atoms with Crippen molar-refractivity contribution in [3.05, 3.63) is 35.0 Å². The van der Waals surface area contributed by atoms with Crippen molar-refractivity contribution in [2.75, 3.05) is 5.32 Å². The van der Waals surface area contributed by atoms with E-state index >= 15 is 0 Å². The third-order valence-corrected chi connectivity index (χ3v) is 4.72. The number of nitrogens with one attached hydrogen (secondary N) is 3. The van der Waals surface area contributed by atoms with Crippen LogP contribution in [0.3, 0.4) is 0 Å². The number of aryl methyl sites for hydroxylation is 2. The van der Waals surface area contributed by atoms with Crippen molar-refractivity contribution in [1.82, 2.24) is 20.7 Å². The maximum atomic E-state index is 12.5. The molecule has 0 unspecified atom stereocenters. The first-order chi connectivity index (χ1) is 11.6. The Labute approximate surface area is 142 Å². The van der Waals surface area contributed by atoms with Gasteiger partial charge in [-0.3, -0.25) is 4.79 Å². The van der Waals surface area contributed by atoms with Gasteiger partial charge in [-0.2, -0.15) is 5.21 Å². The summed E-state index contributed by atoms with van der Waals surface area (Å²) in [5.41, 5.74) is 3.63. The Morgan fingerprint density at radius 1 is 1.08 bits per heavy atom. The highest BCUT2D eigenvalue weighted by Crippen LogP contribution is 2.21. The minimum Gasteiger partial charge on any atom is -0.348 e. The Hall–Kier alpha value is -2.37. The highest BCUT2D eigenvalue weighted by atomic mass is 16.2. The van der Waals surface area contributed by atoms with Gasteiger partial charge in [-0.1, -0.05) is 31.7 Å². The molecular formula is C18H25N5O. The zero-order valence-electron chi connectivity index (χ0n) is 14.4. The number of H-pyrrole nitrogens is 1. The Bertz CT molecular complexity index is 701. The molecule has 0 saturated heterocycles. The number of nitrogens with zero attached hydrogens (tertiary/aromatic N) is 2. The van der Waals surface area contributed by atoms with E-state index in [0.717, 1.165) is 18.5 Å². The van der Waals surface area contributed by atoms with Crippen LogP contribution in [-0.4, -0.2) is 27.4 Å². The fraction of sp³-hybridized carbons (Fsp3) is 0.500. The van der Waals surface area contributed by atoms with Gasteiger partial charge in [0.2, 0.25) is 0 Å². The molecule has 24 heavy (non-hydrogen) atoms. The molecule has 3 N–H and O–H groups in total. The Kier molecular flexibility index (Phi) is 5.13. The van der Waals surface area contributed by atoms with Crippen molar-refractivity contribution < 1.29 is 4.79 Å². The summed E-state index contributed by atoms with van der Waals surface area (Å²) < 4.78 is 0. The van der Waals surface area contributed by atoms with Crippen molar-refractivity contribution in [1.29, 1.82) is 0 Å². The topological polar surface area (TPSA) is 82.7 Å². The molecule has 1 aliphatic rings. The first kappa shape index (κ1) is 16.5. The third kappa shape index (κ3) is 3.93. The molecular weight excluding hydrogens is 302 g/mol. The second kappa shape index (κ2) is 7.47. The van der Waals surface area contributed by atoms with Crippen LogP contribution >= 0.6 is 0 Å². The summed E-state index contributed by atoms with van der Waals surface area (Å²) in [6.45, 7) is 4.13. The number of amides is 1. The highest BCUT2D eigenvalue weighted by Gasteiger charge is 2.21.